The Kier molecular flexibility index (Phi) is 7.29. The predicted molar refractivity (Wildman–Crippen MR) is 131 cm³/mol. The van der Waals surface area contributed by atoms with Gasteiger partial charge in [-0.05, 0) is 74.7 Å². The first-order valence-electron chi connectivity index (χ1n) is 12.7. The van der Waals surface area contributed by atoms with Crippen LogP contribution in [0.5, 0.6) is 0 Å². The smallest absolute Gasteiger partial charge is 0.251 e. The van der Waals surface area contributed by atoms with Gasteiger partial charge in [0.15, 0.2) is 0 Å². The zero-order valence-electron chi connectivity index (χ0n) is 20.9. The Morgan fingerprint density at radius 3 is 2.24 bits per heavy atom. The second-order valence-electron chi connectivity index (χ2n) is 11.8. The van der Waals surface area contributed by atoms with E-state index in [1.54, 1.807) is 21.3 Å². The van der Waals surface area contributed by atoms with Crippen molar-refractivity contribution in [1.29, 1.82) is 0 Å². The van der Waals surface area contributed by atoms with Crippen molar-refractivity contribution in [3.05, 3.63) is 18.3 Å². The van der Waals surface area contributed by atoms with Crippen molar-refractivity contribution in [2.24, 2.45) is 10.8 Å². The molecule has 0 unspecified atom stereocenters. The summed E-state index contributed by atoms with van der Waals surface area (Å²) in [6.45, 7) is 11.6. The molecule has 3 aliphatic heterocycles. The van der Waals surface area contributed by atoms with Crippen molar-refractivity contribution in [2.75, 3.05) is 50.7 Å². The first-order chi connectivity index (χ1) is 15.9. The summed E-state index contributed by atoms with van der Waals surface area (Å²) in [5.74, 6) is -2.06. The lowest BCUT2D eigenvalue weighted by Gasteiger charge is -2.47. The molecule has 9 heteroatoms. The van der Waals surface area contributed by atoms with Crippen LogP contribution in [0, 0.1) is 10.8 Å². The zero-order chi connectivity index (χ0) is 24.6. The minimum absolute atomic E-state index is 0.0654. The van der Waals surface area contributed by atoms with E-state index in [2.05, 4.69) is 30.7 Å². The van der Waals surface area contributed by atoms with Crippen LogP contribution >= 0.6 is 0 Å². The summed E-state index contributed by atoms with van der Waals surface area (Å²) in [7, 11) is -3.63. The van der Waals surface area contributed by atoms with E-state index in [9.17, 15) is 17.2 Å². The molecular formula is C25H40F2N4O2S. The number of likely N-dealkylation sites (tertiary alicyclic amines) is 1. The Labute approximate surface area is 203 Å². The second kappa shape index (κ2) is 9.62. The molecule has 0 bridgehead atoms. The average Bonchev–Trinajstić information content (AvgIpc) is 2.78. The van der Waals surface area contributed by atoms with E-state index in [4.69, 9.17) is 0 Å². The Morgan fingerprint density at radius 2 is 1.65 bits per heavy atom. The standard InChI is InChI=1S/C25H40F2N4O2S/c1-23(2,3)8-14-29-15-9-24(10-16-29)7-4-13-31(20-24)34(32,33)21-5-6-22(28-19-21)30-17-11-25(26,27)12-18-30/h5-6,19H,4,7-18,20H2,1-3H3. The predicted octanol–water partition coefficient (Wildman–Crippen LogP) is 4.62. The van der Waals surface area contributed by atoms with Crippen LogP contribution in [0.25, 0.3) is 0 Å². The molecule has 6 nitrogen and oxygen atoms in total. The van der Waals surface area contributed by atoms with Gasteiger partial charge in [-0.2, -0.15) is 4.31 Å². The number of alkyl halides is 2. The largest absolute Gasteiger partial charge is 0.356 e. The van der Waals surface area contributed by atoms with E-state index in [-0.39, 0.29) is 36.2 Å². The Bertz CT molecular complexity index is 929. The lowest BCUT2D eigenvalue weighted by Crippen LogP contribution is -2.51. The first kappa shape index (κ1) is 25.8. The lowest BCUT2D eigenvalue weighted by molar-refractivity contribution is -0.0221. The summed E-state index contributed by atoms with van der Waals surface area (Å²) in [5, 5.41) is 0. The molecule has 3 saturated heterocycles. The third kappa shape index (κ3) is 6.08. The van der Waals surface area contributed by atoms with Crippen molar-refractivity contribution in [3.8, 4) is 0 Å². The van der Waals surface area contributed by atoms with Gasteiger partial charge in [0.1, 0.15) is 10.7 Å². The maximum atomic E-state index is 13.4. The quantitative estimate of drug-likeness (QED) is 0.593. The summed E-state index contributed by atoms with van der Waals surface area (Å²) in [6, 6.07) is 3.24. The van der Waals surface area contributed by atoms with E-state index in [1.807, 2.05) is 0 Å². The van der Waals surface area contributed by atoms with Crippen molar-refractivity contribution in [2.45, 2.75) is 76.5 Å². The number of sulfonamides is 1. The van der Waals surface area contributed by atoms with Crippen LogP contribution in [0.3, 0.4) is 0 Å². The topological polar surface area (TPSA) is 56.8 Å². The summed E-state index contributed by atoms with van der Waals surface area (Å²) in [5.41, 5.74) is 0.392. The third-order valence-electron chi connectivity index (χ3n) is 7.90. The molecule has 0 N–H and O–H groups in total. The Hall–Kier alpha value is -1.32. The van der Waals surface area contributed by atoms with Crippen LogP contribution in [0.1, 0.15) is 65.7 Å². The van der Waals surface area contributed by atoms with Crippen LogP contribution in [0.2, 0.25) is 0 Å². The maximum absolute atomic E-state index is 13.4. The Balaban J connectivity index is 1.37. The van der Waals surface area contributed by atoms with E-state index < -0.39 is 15.9 Å². The number of pyridine rings is 1. The molecule has 34 heavy (non-hydrogen) atoms. The molecule has 0 aromatic carbocycles. The molecule has 192 valence electrons. The molecule has 0 amide bonds. The van der Waals surface area contributed by atoms with Gasteiger partial charge in [-0.3, -0.25) is 0 Å². The van der Waals surface area contributed by atoms with Crippen LogP contribution in [-0.2, 0) is 10.0 Å². The molecule has 3 fully saturated rings. The van der Waals surface area contributed by atoms with E-state index in [0.29, 0.717) is 24.3 Å². The maximum Gasteiger partial charge on any atom is 0.251 e. The molecule has 0 aliphatic carbocycles. The highest BCUT2D eigenvalue weighted by atomic mass is 32.2. The minimum Gasteiger partial charge on any atom is -0.356 e. The van der Waals surface area contributed by atoms with Crippen LogP contribution < -0.4 is 4.90 Å². The number of anilines is 1. The van der Waals surface area contributed by atoms with E-state index in [1.165, 1.54) is 12.6 Å². The lowest BCUT2D eigenvalue weighted by atomic mass is 9.73. The van der Waals surface area contributed by atoms with Gasteiger partial charge in [0, 0.05) is 45.2 Å². The van der Waals surface area contributed by atoms with Gasteiger partial charge in [-0.1, -0.05) is 20.8 Å². The van der Waals surface area contributed by atoms with Crippen molar-refractivity contribution < 1.29 is 17.2 Å². The highest BCUT2D eigenvalue weighted by molar-refractivity contribution is 7.89. The third-order valence-corrected chi connectivity index (χ3v) is 9.73. The number of halogens is 2. The second-order valence-corrected chi connectivity index (χ2v) is 13.7. The molecule has 0 atom stereocenters. The van der Waals surface area contributed by atoms with E-state index >= 15 is 0 Å². The number of rotatable bonds is 5. The number of nitrogens with zero attached hydrogens (tertiary/aromatic N) is 4. The fraction of sp³-hybridized carbons (Fsp3) is 0.800. The SMILES string of the molecule is CC(C)(C)CCN1CCC2(CCCN(S(=O)(=O)c3ccc(N4CCC(F)(F)CC4)nc3)C2)CC1. The van der Waals surface area contributed by atoms with Crippen molar-refractivity contribution in [3.63, 3.8) is 0 Å². The van der Waals surface area contributed by atoms with Gasteiger partial charge >= 0.3 is 0 Å². The van der Waals surface area contributed by atoms with Crippen LogP contribution in [0.4, 0.5) is 14.6 Å². The fourth-order valence-electron chi connectivity index (χ4n) is 5.44. The monoisotopic (exact) mass is 498 g/mol. The zero-order valence-corrected chi connectivity index (χ0v) is 21.7. The summed E-state index contributed by atoms with van der Waals surface area (Å²) in [6.07, 6.45) is 6.23. The molecule has 3 aliphatic rings. The molecule has 4 rings (SSSR count). The summed E-state index contributed by atoms with van der Waals surface area (Å²) in [4.78, 5) is 8.86. The molecule has 0 saturated carbocycles. The summed E-state index contributed by atoms with van der Waals surface area (Å²) >= 11 is 0. The van der Waals surface area contributed by atoms with Crippen molar-refractivity contribution >= 4 is 15.8 Å². The fourth-order valence-corrected chi connectivity index (χ4v) is 6.98. The van der Waals surface area contributed by atoms with Gasteiger partial charge < -0.3 is 9.80 Å². The molecule has 4 heterocycles. The average molecular weight is 499 g/mol. The highest BCUT2D eigenvalue weighted by Gasteiger charge is 2.42. The molecule has 1 spiro atoms. The minimum atomic E-state index is -3.63. The molecule has 0 radical (unpaired) electrons. The highest BCUT2D eigenvalue weighted by Crippen LogP contribution is 2.41. The van der Waals surface area contributed by atoms with Crippen LogP contribution in [0.15, 0.2) is 23.2 Å². The van der Waals surface area contributed by atoms with Crippen LogP contribution in [-0.4, -0.2) is 74.3 Å². The van der Waals surface area contributed by atoms with Gasteiger partial charge in [0.25, 0.3) is 5.92 Å². The number of piperidine rings is 3. The Morgan fingerprint density at radius 1 is 0.971 bits per heavy atom. The first-order valence-corrected chi connectivity index (χ1v) is 14.1. The van der Waals surface area contributed by atoms with Crippen molar-refractivity contribution in [1.82, 2.24) is 14.2 Å². The molecule has 1 aromatic heterocycles. The van der Waals surface area contributed by atoms with Gasteiger partial charge in [0.2, 0.25) is 10.0 Å². The van der Waals surface area contributed by atoms with Gasteiger partial charge in [-0.25, -0.2) is 22.2 Å². The number of hydrogen-bond acceptors (Lipinski definition) is 5. The van der Waals surface area contributed by atoms with Gasteiger partial charge in [0.05, 0.1) is 0 Å². The number of hydrogen-bond donors (Lipinski definition) is 0. The molecular weight excluding hydrogens is 458 g/mol. The normalized spacial score (nSPS) is 24.4. The molecule has 1 aromatic rings. The number of aromatic nitrogens is 1. The van der Waals surface area contributed by atoms with Gasteiger partial charge in [-0.15, -0.1) is 0 Å². The van der Waals surface area contributed by atoms with E-state index in [0.717, 1.165) is 45.3 Å². The summed E-state index contributed by atoms with van der Waals surface area (Å²) < 4.78 is 55.4.